The lowest BCUT2D eigenvalue weighted by Crippen LogP contribution is -2.04. The molecule has 1 rings (SSSR count). The van der Waals surface area contributed by atoms with Crippen molar-refractivity contribution < 1.29 is 0 Å². The highest BCUT2D eigenvalue weighted by molar-refractivity contribution is 6.42. The van der Waals surface area contributed by atoms with Gasteiger partial charge in [-0.2, -0.15) is 5.10 Å². The number of benzene rings is 1. The molecule has 14 heavy (non-hydrogen) atoms. The van der Waals surface area contributed by atoms with Crippen LogP contribution in [-0.4, -0.2) is 12.8 Å². The Bertz CT molecular complexity index is 372. The molecule has 0 aliphatic heterocycles. The van der Waals surface area contributed by atoms with E-state index in [0.29, 0.717) is 10.0 Å². The molecular formula is C10H10Cl2N2. The number of hydrogen-bond donors (Lipinski definition) is 1. The zero-order chi connectivity index (χ0) is 10.6. The predicted octanol–water partition coefficient (Wildman–Crippen LogP) is 3.10. The summed E-state index contributed by atoms with van der Waals surface area (Å²) in [5, 5.41) is 5.07. The van der Waals surface area contributed by atoms with Gasteiger partial charge in [-0.1, -0.05) is 35.8 Å². The van der Waals surface area contributed by atoms with Crippen LogP contribution in [0.25, 0.3) is 0 Å². The molecule has 1 N–H and O–H groups in total. The zero-order valence-electron chi connectivity index (χ0n) is 7.72. The fourth-order valence-electron chi connectivity index (χ4n) is 1.00. The molecule has 74 valence electrons. The number of halogens is 2. The molecule has 0 saturated heterocycles. The topological polar surface area (TPSA) is 24.4 Å². The third kappa shape index (κ3) is 2.50. The Labute approximate surface area is 93.2 Å². The van der Waals surface area contributed by atoms with Gasteiger partial charge in [0.1, 0.15) is 0 Å². The maximum atomic E-state index is 5.87. The highest BCUT2D eigenvalue weighted by Gasteiger charge is 2.02. The standard InChI is InChI=1S/C10H10Cl2N2/c1-3-10(14-13-2)7-4-5-8(11)9(12)6-7/h3-6,13H,1H2,2H3/b14-10+. The summed E-state index contributed by atoms with van der Waals surface area (Å²) in [5.41, 5.74) is 4.30. The molecule has 1 aromatic rings. The van der Waals surface area contributed by atoms with Crippen molar-refractivity contribution in [1.29, 1.82) is 0 Å². The Balaban J connectivity index is 3.12. The van der Waals surface area contributed by atoms with Gasteiger partial charge < -0.3 is 5.43 Å². The fraction of sp³-hybridized carbons (Fsp3) is 0.100. The first-order chi connectivity index (χ1) is 6.69. The average Bonchev–Trinajstić information content (AvgIpc) is 2.19. The van der Waals surface area contributed by atoms with Crippen molar-refractivity contribution in [3.05, 3.63) is 46.5 Å². The molecule has 0 unspecified atom stereocenters. The minimum atomic E-state index is 0.509. The normalized spacial score (nSPS) is 11.2. The number of rotatable bonds is 3. The average molecular weight is 229 g/mol. The Hall–Kier alpha value is -0.990. The highest BCUT2D eigenvalue weighted by Crippen LogP contribution is 2.22. The second-order valence-electron chi connectivity index (χ2n) is 2.55. The van der Waals surface area contributed by atoms with E-state index in [1.165, 1.54) is 0 Å². The summed E-state index contributed by atoms with van der Waals surface area (Å²) < 4.78 is 0. The van der Waals surface area contributed by atoms with Crippen molar-refractivity contribution in [2.45, 2.75) is 0 Å². The molecule has 0 aromatic heterocycles. The molecule has 0 saturated carbocycles. The van der Waals surface area contributed by atoms with E-state index in [2.05, 4.69) is 17.1 Å². The molecule has 0 aliphatic carbocycles. The molecular weight excluding hydrogens is 219 g/mol. The van der Waals surface area contributed by atoms with Crippen LogP contribution in [0.1, 0.15) is 5.56 Å². The first kappa shape index (κ1) is 11.1. The maximum absolute atomic E-state index is 5.87. The third-order valence-corrected chi connectivity index (χ3v) is 2.38. The van der Waals surface area contributed by atoms with Crippen LogP contribution in [0.15, 0.2) is 36.0 Å². The summed E-state index contributed by atoms with van der Waals surface area (Å²) in [4.78, 5) is 0. The molecule has 0 amide bonds. The molecule has 0 spiro atoms. The van der Waals surface area contributed by atoms with Crippen molar-refractivity contribution in [3.8, 4) is 0 Å². The van der Waals surface area contributed by atoms with Crippen LogP contribution in [0, 0.1) is 0 Å². The molecule has 0 fully saturated rings. The summed E-state index contributed by atoms with van der Waals surface area (Å²) in [6, 6.07) is 5.32. The first-order valence-electron chi connectivity index (χ1n) is 4.01. The van der Waals surface area contributed by atoms with Crippen molar-refractivity contribution in [2.24, 2.45) is 5.10 Å². The zero-order valence-corrected chi connectivity index (χ0v) is 9.23. The third-order valence-electron chi connectivity index (χ3n) is 1.64. The summed E-state index contributed by atoms with van der Waals surface area (Å²) in [6.45, 7) is 3.66. The molecule has 0 bridgehead atoms. The van der Waals surface area contributed by atoms with E-state index in [1.807, 2.05) is 6.07 Å². The van der Waals surface area contributed by atoms with Crippen LogP contribution in [0.3, 0.4) is 0 Å². The van der Waals surface area contributed by atoms with Crippen LogP contribution in [-0.2, 0) is 0 Å². The molecule has 2 nitrogen and oxygen atoms in total. The van der Waals surface area contributed by atoms with Crippen molar-refractivity contribution in [1.82, 2.24) is 5.43 Å². The quantitative estimate of drug-likeness (QED) is 0.625. The molecule has 0 aliphatic rings. The second kappa shape index (κ2) is 5.03. The Morgan fingerprint density at radius 1 is 1.43 bits per heavy atom. The summed E-state index contributed by atoms with van der Waals surface area (Å²) in [6.07, 6.45) is 1.65. The number of nitrogens with zero attached hydrogens (tertiary/aromatic N) is 1. The van der Waals surface area contributed by atoms with Gasteiger partial charge in [0.25, 0.3) is 0 Å². The van der Waals surface area contributed by atoms with Gasteiger partial charge in [-0.15, -0.1) is 0 Å². The van der Waals surface area contributed by atoms with Crippen LogP contribution in [0.2, 0.25) is 10.0 Å². The van der Waals surface area contributed by atoms with E-state index in [9.17, 15) is 0 Å². The summed E-state index contributed by atoms with van der Waals surface area (Å²) in [5.74, 6) is 0. The number of hydrazone groups is 1. The smallest absolute Gasteiger partial charge is 0.0896 e. The minimum Gasteiger partial charge on any atom is -0.313 e. The molecule has 0 radical (unpaired) electrons. The Kier molecular flexibility index (Phi) is 3.98. The van der Waals surface area contributed by atoms with Crippen LogP contribution in [0.5, 0.6) is 0 Å². The first-order valence-corrected chi connectivity index (χ1v) is 4.77. The monoisotopic (exact) mass is 228 g/mol. The van der Waals surface area contributed by atoms with E-state index in [1.54, 1.807) is 25.3 Å². The molecule has 0 heterocycles. The largest absolute Gasteiger partial charge is 0.313 e. The Morgan fingerprint density at radius 3 is 2.64 bits per heavy atom. The van der Waals surface area contributed by atoms with Gasteiger partial charge >= 0.3 is 0 Å². The summed E-state index contributed by atoms with van der Waals surface area (Å²) in [7, 11) is 1.72. The molecule has 1 aromatic carbocycles. The lowest BCUT2D eigenvalue weighted by atomic mass is 10.1. The van der Waals surface area contributed by atoms with Crippen LogP contribution < -0.4 is 5.43 Å². The maximum Gasteiger partial charge on any atom is 0.0896 e. The van der Waals surface area contributed by atoms with Gasteiger partial charge in [0.05, 0.1) is 15.8 Å². The second-order valence-corrected chi connectivity index (χ2v) is 3.37. The van der Waals surface area contributed by atoms with Gasteiger partial charge in [-0.3, -0.25) is 0 Å². The van der Waals surface area contributed by atoms with E-state index < -0.39 is 0 Å². The number of hydrogen-bond acceptors (Lipinski definition) is 2. The predicted molar refractivity (Wildman–Crippen MR) is 62.3 cm³/mol. The van der Waals surface area contributed by atoms with E-state index in [4.69, 9.17) is 23.2 Å². The minimum absolute atomic E-state index is 0.509. The van der Waals surface area contributed by atoms with Crippen molar-refractivity contribution in [3.63, 3.8) is 0 Å². The van der Waals surface area contributed by atoms with Gasteiger partial charge in [0, 0.05) is 12.6 Å². The SMILES string of the molecule is C=C/C(=N\NC)c1ccc(Cl)c(Cl)c1. The molecule has 4 heteroatoms. The van der Waals surface area contributed by atoms with Gasteiger partial charge in [-0.25, -0.2) is 0 Å². The number of nitrogens with one attached hydrogen (secondary N) is 1. The van der Waals surface area contributed by atoms with Gasteiger partial charge in [0.15, 0.2) is 0 Å². The highest BCUT2D eigenvalue weighted by atomic mass is 35.5. The van der Waals surface area contributed by atoms with Crippen molar-refractivity contribution in [2.75, 3.05) is 7.05 Å². The lowest BCUT2D eigenvalue weighted by molar-refractivity contribution is 0.903. The van der Waals surface area contributed by atoms with Gasteiger partial charge in [0.2, 0.25) is 0 Å². The van der Waals surface area contributed by atoms with Crippen LogP contribution >= 0.6 is 23.2 Å². The van der Waals surface area contributed by atoms with Gasteiger partial charge in [-0.05, 0) is 18.2 Å². The molecule has 0 atom stereocenters. The summed E-state index contributed by atoms with van der Waals surface area (Å²) >= 11 is 11.7. The van der Waals surface area contributed by atoms with Crippen molar-refractivity contribution >= 4 is 28.9 Å². The van der Waals surface area contributed by atoms with E-state index in [0.717, 1.165) is 11.3 Å². The van der Waals surface area contributed by atoms with Crippen LogP contribution in [0.4, 0.5) is 0 Å². The Morgan fingerprint density at radius 2 is 2.14 bits per heavy atom. The number of allylic oxidation sites excluding steroid dienone is 1. The fourth-order valence-corrected chi connectivity index (χ4v) is 1.30. The lowest BCUT2D eigenvalue weighted by Gasteiger charge is -2.02. The van der Waals surface area contributed by atoms with E-state index >= 15 is 0 Å². The van der Waals surface area contributed by atoms with E-state index in [-0.39, 0.29) is 0 Å².